The molecule has 0 spiro atoms. The second-order valence-corrected chi connectivity index (χ2v) is 5.71. The van der Waals surface area contributed by atoms with E-state index < -0.39 is 4.92 Å². The maximum atomic E-state index is 10.8. The minimum absolute atomic E-state index is 0.330. The SMILES string of the molecule is Cn1nc([N+](=O)[O-])nc1N1CCC(Cc2ccccc2)CC1. The molecular weight excluding hydrogens is 282 g/mol. The monoisotopic (exact) mass is 301 g/mol. The average molecular weight is 301 g/mol. The van der Waals surface area contributed by atoms with Crippen molar-refractivity contribution in [3.8, 4) is 0 Å². The molecule has 1 aromatic carbocycles. The normalized spacial score (nSPS) is 16.0. The third-order valence-electron chi connectivity index (χ3n) is 4.16. The van der Waals surface area contributed by atoms with E-state index in [-0.39, 0.29) is 5.95 Å². The van der Waals surface area contributed by atoms with Crippen molar-refractivity contribution in [2.45, 2.75) is 19.3 Å². The molecule has 7 heteroatoms. The van der Waals surface area contributed by atoms with Gasteiger partial charge in [0.2, 0.25) is 0 Å². The zero-order chi connectivity index (χ0) is 15.5. The second-order valence-electron chi connectivity index (χ2n) is 5.71. The van der Waals surface area contributed by atoms with Gasteiger partial charge in [0, 0.05) is 25.2 Å². The van der Waals surface area contributed by atoms with Crippen molar-refractivity contribution in [1.29, 1.82) is 0 Å². The highest BCUT2D eigenvalue weighted by Crippen LogP contribution is 2.25. The molecule has 0 unspecified atom stereocenters. The topological polar surface area (TPSA) is 77.1 Å². The largest absolute Gasteiger partial charge is 0.493 e. The molecule has 22 heavy (non-hydrogen) atoms. The van der Waals surface area contributed by atoms with Crippen LogP contribution in [-0.4, -0.2) is 32.8 Å². The van der Waals surface area contributed by atoms with Crippen LogP contribution in [0.4, 0.5) is 11.9 Å². The van der Waals surface area contributed by atoms with Gasteiger partial charge < -0.3 is 15.0 Å². The zero-order valence-electron chi connectivity index (χ0n) is 12.6. The number of piperidine rings is 1. The molecule has 7 nitrogen and oxygen atoms in total. The lowest BCUT2D eigenvalue weighted by molar-refractivity contribution is -0.394. The Morgan fingerprint density at radius 2 is 1.95 bits per heavy atom. The Kier molecular flexibility index (Phi) is 4.04. The number of benzene rings is 1. The van der Waals surface area contributed by atoms with Crippen molar-refractivity contribution in [2.75, 3.05) is 18.0 Å². The van der Waals surface area contributed by atoms with Crippen LogP contribution in [0.3, 0.4) is 0 Å². The molecule has 2 heterocycles. The van der Waals surface area contributed by atoms with Crippen molar-refractivity contribution in [2.24, 2.45) is 13.0 Å². The Labute approximate surface area is 128 Å². The summed E-state index contributed by atoms with van der Waals surface area (Å²) in [6, 6.07) is 10.5. The first-order valence-corrected chi connectivity index (χ1v) is 7.48. The first-order valence-electron chi connectivity index (χ1n) is 7.48. The number of anilines is 1. The standard InChI is InChI=1S/C15H19N5O2/c1-18-15(16-14(17-18)20(21)22)19-9-7-13(8-10-19)11-12-5-3-2-4-6-12/h2-6,13H,7-11H2,1H3. The highest BCUT2D eigenvalue weighted by molar-refractivity contribution is 5.33. The second kappa shape index (κ2) is 6.13. The van der Waals surface area contributed by atoms with Crippen molar-refractivity contribution in [1.82, 2.24) is 14.8 Å². The van der Waals surface area contributed by atoms with E-state index in [1.54, 1.807) is 7.05 Å². The Morgan fingerprint density at radius 3 is 2.55 bits per heavy atom. The molecule has 1 fully saturated rings. The number of aryl methyl sites for hydroxylation is 1. The summed E-state index contributed by atoms with van der Waals surface area (Å²) in [7, 11) is 1.70. The molecule has 0 N–H and O–H groups in total. The van der Waals surface area contributed by atoms with Gasteiger partial charge >= 0.3 is 11.9 Å². The average Bonchev–Trinajstić information content (AvgIpc) is 2.91. The van der Waals surface area contributed by atoms with E-state index in [0.29, 0.717) is 11.9 Å². The summed E-state index contributed by atoms with van der Waals surface area (Å²) in [5.41, 5.74) is 1.37. The van der Waals surface area contributed by atoms with Gasteiger partial charge in [-0.25, -0.2) is 0 Å². The minimum Gasteiger partial charge on any atom is -0.390 e. The molecular formula is C15H19N5O2. The Hall–Kier alpha value is -2.44. The van der Waals surface area contributed by atoms with Gasteiger partial charge in [0.25, 0.3) is 0 Å². The van der Waals surface area contributed by atoms with Crippen LogP contribution in [0.5, 0.6) is 0 Å². The molecule has 1 saturated heterocycles. The number of aromatic nitrogens is 3. The molecule has 2 aromatic rings. The summed E-state index contributed by atoms with van der Waals surface area (Å²) in [6.45, 7) is 1.72. The maximum absolute atomic E-state index is 10.8. The fourth-order valence-electron chi connectivity index (χ4n) is 3.00. The van der Waals surface area contributed by atoms with Crippen LogP contribution in [-0.2, 0) is 13.5 Å². The van der Waals surface area contributed by atoms with Crippen molar-refractivity contribution in [3.05, 3.63) is 46.0 Å². The van der Waals surface area contributed by atoms with E-state index in [4.69, 9.17) is 0 Å². The smallest absolute Gasteiger partial charge is 0.390 e. The van der Waals surface area contributed by atoms with Gasteiger partial charge in [-0.3, -0.25) is 0 Å². The van der Waals surface area contributed by atoms with Crippen LogP contribution in [0.25, 0.3) is 0 Å². The van der Waals surface area contributed by atoms with Crippen LogP contribution < -0.4 is 4.90 Å². The highest BCUT2D eigenvalue weighted by atomic mass is 16.6. The van der Waals surface area contributed by atoms with E-state index in [9.17, 15) is 10.1 Å². The van der Waals surface area contributed by atoms with Crippen LogP contribution in [0, 0.1) is 16.0 Å². The fourth-order valence-corrected chi connectivity index (χ4v) is 3.00. The summed E-state index contributed by atoms with van der Waals surface area (Å²) in [6.07, 6.45) is 3.22. The number of nitro groups is 1. The number of rotatable bonds is 4. The van der Waals surface area contributed by atoms with Gasteiger partial charge in [0.1, 0.15) is 0 Å². The van der Waals surface area contributed by atoms with Crippen molar-refractivity contribution in [3.63, 3.8) is 0 Å². The molecule has 116 valence electrons. The lowest BCUT2D eigenvalue weighted by Crippen LogP contribution is -2.36. The van der Waals surface area contributed by atoms with Crippen LogP contribution >= 0.6 is 0 Å². The van der Waals surface area contributed by atoms with Gasteiger partial charge in [0.15, 0.2) is 0 Å². The maximum Gasteiger partial charge on any atom is 0.493 e. The summed E-state index contributed by atoms with van der Waals surface area (Å²) in [5, 5.41) is 14.6. The number of hydrogen-bond donors (Lipinski definition) is 0. The Morgan fingerprint density at radius 1 is 1.27 bits per heavy atom. The minimum atomic E-state index is -0.550. The molecule has 0 atom stereocenters. The van der Waals surface area contributed by atoms with E-state index >= 15 is 0 Å². The van der Waals surface area contributed by atoms with Crippen LogP contribution in [0.1, 0.15) is 18.4 Å². The molecule has 1 aliphatic heterocycles. The van der Waals surface area contributed by atoms with E-state index in [1.807, 2.05) is 6.07 Å². The van der Waals surface area contributed by atoms with Gasteiger partial charge in [-0.2, -0.15) is 4.68 Å². The highest BCUT2D eigenvalue weighted by Gasteiger charge is 2.27. The van der Waals surface area contributed by atoms with Gasteiger partial charge in [-0.1, -0.05) is 30.3 Å². The summed E-state index contributed by atoms with van der Waals surface area (Å²) in [5.74, 6) is 0.913. The Bertz CT molecular complexity index is 647. The van der Waals surface area contributed by atoms with Gasteiger partial charge in [-0.05, 0) is 40.7 Å². The van der Waals surface area contributed by atoms with Crippen LogP contribution in [0.15, 0.2) is 30.3 Å². The molecule has 0 aliphatic carbocycles. The van der Waals surface area contributed by atoms with E-state index in [1.165, 1.54) is 10.2 Å². The fraction of sp³-hybridized carbons (Fsp3) is 0.467. The lowest BCUT2D eigenvalue weighted by Gasteiger charge is -2.30. The van der Waals surface area contributed by atoms with Gasteiger partial charge in [-0.15, -0.1) is 0 Å². The first kappa shape index (κ1) is 14.5. The first-order chi connectivity index (χ1) is 10.6. The Balaban J connectivity index is 1.61. The van der Waals surface area contributed by atoms with Gasteiger partial charge in [0.05, 0.1) is 0 Å². The van der Waals surface area contributed by atoms with Crippen molar-refractivity contribution >= 4 is 11.9 Å². The summed E-state index contributed by atoms with van der Waals surface area (Å²) >= 11 is 0. The predicted octanol–water partition coefficient (Wildman–Crippen LogP) is 2.18. The number of nitrogens with zero attached hydrogens (tertiary/aromatic N) is 5. The predicted molar refractivity (Wildman–Crippen MR) is 82.7 cm³/mol. The summed E-state index contributed by atoms with van der Waals surface area (Å²) < 4.78 is 1.50. The molecule has 0 amide bonds. The molecule has 3 rings (SSSR count). The molecule has 0 radical (unpaired) electrons. The van der Waals surface area contributed by atoms with Crippen molar-refractivity contribution < 1.29 is 4.92 Å². The summed E-state index contributed by atoms with van der Waals surface area (Å²) in [4.78, 5) is 16.3. The molecule has 1 aromatic heterocycles. The molecule has 1 aliphatic rings. The third kappa shape index (κ3) is 3.08. The van der Waals surface area contributed by atoms with E-state index in [2.05, 4.69) is 39.2 Å². The molecule has 0 bridgehead atoms. The quantitative estimate of drug-likeness (QED) is 0.639. The van der Waals surface area contributed by atoms with E-state index in [0.717, 1.165) is 32.4 Å². The third-order valence-corrected chi connectivity index (χ3v) is 4.16. The molecule has 0 saturated carbocycles. The lowest BCUT2D eigenvalue weighted by atomic mass is 9.90. The van der Waals surface area contributed by atoms with Crippen LogP contribution in [0.2, 0.25) is 0 Å². The zero-order valence-corrected chi connectivity index (χ0v) is 12.6. The number of hydrogen-bond acceptors (Lipinski definition) is 5.